The minimum Gasteiger partial charge on any atom is -0.434 e. The van der Waals surface area contributed by atoms with Gasteiger partial charge in [-0.3, -0.25) is 4.90 Å². The summed E-state index contributed by atoms with van der Waals surface area (Å²) in [6.45, 7) is 6.37. The van der Waals surface area contributed by atoms with Crippen LogP contribution in [0.15, 0.2) is 48.8 Å². The second-order valence-electron chi connectivity index (χ2n) is 5.84. The van der Waals surface area contributed by atoms with Crippen LogP contribution in [0, 0.1) is 20.8 Å². The van der Waals surface area contributed by atoms with Crippen LogP contribution in [0.4, 0.5) is 17.2 Å². The molecular formula is C19H17N3O. The maximum Gasteiger partial charge on any atom is 0.263 e. The van der Waals surface area contributed by atoms with Crippen molar-refractivity contribution in [1.29, 1.82) is 0 Å². The van der Waals surface area contributed by atoms with Crippen LogP contribution in [-0.4, -0.2) is 9.97 Å². The van der Waals surface area contributed by atoms with E-state index in [0.29, 0.717) is 5.88 Å². The number of ether oxygens (including phenoxy) is 1. The number of para-hydroxylation sites is 2. The van der Waals surface area contributed by atoms with Gasteiger partial charge in [0.15, 0.2) is 5.75 Å². The molecule has 1 aliphatic rings. The number of rotatable bonds is 1. The first-order chi connectivity index (χ1) is 11.1. The highest BCUT2D eigenvalue weighted by Gasteiger charge is 2.29. The minimum absolute atomic E-state index is 0.533. The number of aryl methyl sites for hydroxylation is 3. The second-order valence-corrected chi connectivity index (χ2v) is 5.84. The Morgan fingerprint density at radius 3 is 2.39 bits per heavy atom. The van der Waals surface area contributed by atoms with Gasteiger partial charge in [-0.05, 0) is 44.0 Å². The molecule has 1 aromatic heterocycles. The van der Waals surface area contributed by atoms with E-state index in [4.69, 9.17) is 4.74 Å². The molecule has 3 aromatic rings. The SMILES string of the molecule is Cc1cc(C)c(N2c3ccccc3Oc3nccnc32)c(C)c1. The lowest BCUT2D eigenvalue weighted by molar-refractivity contribution is 0.454. The van der Waals surface area contributed by atoms with Gasteiger partial charge in [0, 0.05) is 12.4 Å². The maximum atomic E-state index is 5.92. The molecule has 4 heteroatoms. The van der Waals surface area contributed by atoms with E-state index in [0.717, 1.165) is 22.9 Å². The molecule has 114 valence electrons. The predicted octanol–water partition coefficient (Wildman–Crippen LogP) is 4.98. The van der Waals surface area contributed by atoms with Crippen LogP contribution in [0.25, 0.3) is 0 Å². The van der Waals surface area contributed by atoms with Crippen molar-refractivity contribution >= 4 is 17.2 Å². The summed E-state index contributed by atoms with van der Waals surface area (Å²) in [7, 11) is 0. The van der Waals surface area contributed by atoms with Gasteiger partial charge in [-0.2, -0.15) is 0 Å². The van der Waals surface area contributed by atoms with Gasteiger partial charge in [-0.1, -0.05) is 29.8 Å². The molecule has 2 heterocycles. The Hall–Kier alpha value is -2.88. The maximum absolute atomic E-state index is 5.92. The third kappa shape index (κ3) is 2.14. The fraction of sp³-hybridized carbons (Fsp3) is 0.158. The topological polar surface area (TPSA) is 38.2 Å². The number of hydrogen-bond acceptors (Lipinski definition) is 4. The molecular weight excluding hydrogens is 286 g/mol. The van der Waals surface area contributed by atoms with Gasteiger partial charge >= 0.3 is 0 Å². The molecule has 0 N–H and O–H groups in total. The number of fused-ring (bicyclic) bond motifs is 2. The molecule has 0 saturated heterocycles. The van der Waals surface area contributed by atoms with Crippen molar-refractivity contribution in [3.05, 3.63) is 65.5 Å². The lowest BCUT2D eigenvalue weighted by Gasteiger charge is -2.32. The van der Waals surface area contributed by atoms with Crippen LogP contribution in [0.3, 0.4) is 0 Å². The molecule has 0 radical (unpaired) electrons. The summed E-state index contributed by atoms with van der Waals surface area (Å²) in [6.07, 6.45) is 3.35. The normalized spacial score (nSPS) is 12.4. The zero-order valence-corrected chi connectivity index (χ0v) is 13.4. The van der Waals surface area contributed by atoms with E-state index in [1.54, 1.807) is 12.4 Å². The largest absolute Gasteiger partial charge is 0.434 e. The van der Waals surface area contributed by atoms with Crippen LogP contribution >= 0.6 is 0 Å². The molecule has 0 spiro atoms. The molecule has 4 rings (SSSR count). The molecule has 0 bridgehead atoms. The van der Waals surface area contributed by atoms with E-state index in [1.165, 1.54) is 16.7 Å². The Labute approximate surface area is 135 Å². The second kappa shape index (κ2) is 5.09. The molecule has 2 aromatic carbocycles. The summed E-state index contributed by atoms with van der Waals surface area (Å²) < 4.78 is 5.92. The van der Waals surface area contributed by atoms with Crippen LogP contribution in [0.1, 0.15) is 16.7 Å². The average Bonchev–Trinajstić information content (AvgIpc) is 2.53. The Morgan fingerprint density at radius 2 is 1.61 bits per heavy atom. The first-order valence-electron chi connectivity index (χ1n) is 7.61. The van der Waals surface area contributed by atoms with Gasteiger partial charge in [0.25, 0.3) is 5.88 Å². The van der Waals surface area contributed by atoms with E-state index in [-0.39, 0.29) is 0 Å². The minimum atomic E-state index is 0.533. The number of anilines is 3. The van der Waals surface area contributed by atoms with Gasteiger partial charge in [0.05, 0.1) is 11.4 Å². The third-order valence-corrected chi connectivity index (χ3v) is 4.03. The Balaban J connectivity index is 2.02. The first-order valence-corrected chi connectivity index (χ1v) is 7.61. The van der Waals surface area contributed by atoms with Crippen LogP contribution < -0.4 is 9.64 Å². The van der Waals surface area contributed by atoms with Gasteiger partial charge in [-0.15, -0.1) is 0 Å². The summed E-state index contributed by atoms with van der Waals surface area (Å²) in [5, 5.41) is 0. The number of nitrogens with zero attached hydrogens (tertiary/aromatic N) is 3. The number of aromatic nitrogens is 2. The standard InChI is InChI=1S/C19H17N3O/c1-12-10-13(2)17(14(3)11-12)22-15-6-4-5-7-16(15)23-19-18(22)20-8-9-21-19/h4-11H,1-3H3. The third-order valence-electron chi connectivity index (χ3n) is 4.03. The Kier molecular flexibility index (Phi) is 3.05. The molecule has 23 heavy (non-hydrogen) atoms. The van der Waals surface area contributed by atoms with Crippen molar-refractivity contribution < 1.29 is 4.74 Å². The van der Waals surface area contributed by atoms with Crippen LogP contribution in [0.5, 0.6) is 11.6 Å². The molecule has 0 amide bonds. The molecule has 0 atom stereocenters. The lowest BCUT2D eigenvalue weighted by atomic mass is 10.0. The predicted molar refractivity (Wildman–Crippen MR) is 91.0 cm³/mol. The number of benzene rings is 2. The van der Waals surface area contributed by atoms with Gasteiger partial charge in [0.1, 0.15) is 0 Å². The van der Waals surface area contributed by atoms with Gasteiger partial charge < -0.3 is 4.74 Å². The molecule has 0 aliphatic carbocycles. The van der Waals surface area contributed by atoms with E-state index >= 15 is 0 Å². The summed E-state index contributed by atoms with van der Waals surface area (Å²) >= 11 is 0. The molecule has 0 unspecified atom stereocenters. The first kappa shape index (κ1) is 13.8. The highest BCUT2D eigenvalue weighted by Crippen LogP contribution is 2.49. The number of hydrogen-bond donors (Lipinski definition) is 0. The van der Waals surface area contributed by atoms with E-state index < -0.39 is 0 Å². The molecule has 0 fully saturated rings. The van der Waals surface area contributed by atoms with E-state index in [1.807, 2.05) is 24.3 Å². The Morgan fingerprint density at radius 1 is 0.913 bits per heavy atom. The molecule has 1 aliphatic heterocycles. The summed E-state index contributed by atoms with van der Waals surface area (Å²) in [5.41, 5.74) is 5.78. The average molecular weight is 303 g/mol. The zero-order valence-electron chi connectivity index (χ0n) is 13.4. The lowest BCUT2D eigenvalue weighted by Crippen LogP contribution is -2.19. The van der Waals surface area contributed by atoms with Crippen LogP contribution in [0.2, 0.25) is 0 Å². The van der Waals surface area contributed by atoms with E-state index in [2.05, 4.69) is 47.8 Å². The quantitative estimate of drug-likeness (QED) is 0.497. The zero-order chi connectivity index (χ0) is 16.0. The van der Waals surface area contributed by atoms with Gasteiger partial charge in [0.2, 0.25) is 5.82 Å². The van der Waals surface area contributed by atoms with Crippen molar-refractivity contribution in [2.75, 3.05) is 4.90 Å². The van der Waals surface area contributed by atoms with Crippen molar-refractivity contribution in [3.8, 4) is 11.6 Å². The smallest absolute Gasteiger partial charge is 0.263 e. The van der Waals surface area contributed by atoms with Crippen LogP contribution in [-0.2, 0) is 0 Å². The summed E-state index contributed by atoms with van der Waals surface area (Å²) in [4.78, 5) is 11.0. The van der Waals surface area contributed by atoms with Crippen molar-refractivity contribution in [3.63, 3.8) is 0 Å². The molecule has 0 saturated carbocycles. The molecule has 4 nitrogen and oxygen atoms in total. The van der Waals surface area contributed by atoms with Crippen molar-refractivity contribution in [2.45, 2.75) is 20.8 Å². The summed E-state index contributed by atoms with van der Waals surface area (Å²) in [6, 6.07) is 12.4. The van der Waals surface area contributed by atoms with Crippen molar-refractivity contribution in [2.24, 2.45) is 0 Å². The van der Waals surface area contributed by atoms with Gasteiger partial charge in [-0.25, -0.2) is 9.97 Å². The summed E-state index contributed by atoms with van der Waals surface area (Å²) in [5.74, 6) is 2.05. The fourth-order valence-electron chi connectivity index (χ4n) is 3.24. The monoisotopic (exact) mass is 303 g/mol. The Bertz CT molecular complexity index is 836. The van der Waals surface area contributed by atoms with Crippen molar-refractivity contribution in [1.82, 2.24) is 9.97 Å². The highest BCUT2D eigenvalue weighted by molar-refractivity contribution is 5.85. The fourth-order valence-corrected chi connectivity index (χ4v) is 3.24. The van der Waals surface area contributed by atoms with E-state index in [9.17, 15) is 0 Å². The highest BCUT2D eigenvalue weighted by atomic mass is 16.5.